The van der Waals surface area contributed by atoms with Gasteiger partial charge in [-0.15, -0.1) is 0 Å². The number of carbonyl (C=O) groups is 1. The molecule has 4 rings (SSSR count). The maximum atomic E-state index is 13.6. The summed E-state index contributed by atoms with van der Waals surface area (Å²) in [4.78, 5) is 41.8. The minimum absolute atomic E-state index is 0.0202. The highest BCUT2D eigenvalue weighted by molar-refractivity contribution is 5.99. The molecule has 2 aromatic carbocycles. The molecule has 0 bridgehead atoms. The van der Waals surface area contributed by atoms with Crippen molar-refractivity contribution in [2.45, 2.75) is 33.7 Å². The summed E-state index contributed by atoms with van der Waals surface area (Å²) in [5.74, 6) is -0.349. The van der Waals surface area contributed by atoms with Crippen molar-refractivity contribution in [1.29, 1.82) is 0 Å². The van der Waals surface area contributed by atoms with Crippen molar-refractivity contribution in [1.82, 2.24) is 9.80 Å². The lowest BCUT2D eigenvalue weighted by Gasteiger charge is -2.28. The number of likely N-dealkylation sites (N-methyl/N-ethyl adjacent to an activating group) is 1. The molecule has 1 aliphatic heterocycles. The molecule has 1 aliphatic rings. The number of benzene rings is 2. The average Bonchev–Trinajstić information content (AvgIpc) is 3.08. The first-order valence-corrected chi connectivity index (χ1v) is 11.1. The van der Waals surface area contributed by atoms with Gasteiger partial charge in [0.1, 0.15) is 5.58 Å². The van der Waals surface area contributed by atoms with Crippen LogP contribution < -0.4 is 5.43 Å². The number of hydrogen-bond acceptors (Lipinski definition) is 6. The van der Waals surface area contributed by atoms with E-state index in [1.807, 2.05) is 27.7 Å². The number of carbonyl (C=O) groups excluding carboxylic acids is 1. The third kappa shape index (κ3) is 3.91. The summed E-state index contributed by atoms with van der Waals surface area (Å²) in [5.41, 5.74) is 2.69. The predicted octanol–water partition coefficient (Wildman–Crippen LogP) is 4.21. The summed E-state index contributed by atoms with van der Waals surface area (Å²) >= 11 is 0. The van der Waals surface area contributed by atoms with Crippen LogP contribution >= 0.6 is 0 Å². The smallest absolute Gasteiger partial charge is 0.290 e. The molecule has 1 atom stereocenters. The third-order valence-corrected chi connectivity index (χ3v) is 6.53. The van der Waals surface area contributed by atoms with Crippen LogP contribution in [0.4, 0.5) is 5.69 Å². The number of nitro benzene ring substituents is 1. The zero-order valence-electron chi connectivity index (χ0n) is 19.3. The second-order valence-electron chi connectivity index (χ2n) is 8.39. The number of nitrogens with zero attached hydrogens (tertiary/aromatic N) is 3. The van der Waals surface area contributed by atoms with Crippen LogP contribution in [0, 0.1) is 24.0 Å². The van der Waals surface area contributed by atoms with Crippen molar-refractivity contribution in [3.63, 3.8) is 0 Å². The van der Waals surface area contributed by atoms with Gasteiger partial charge in [-0.2, -0.15) is 0 Å². The summed E-state index contributed by atoms with van der Waals surface area (Å²) < 4.78 is 6.01. The van der Waals surface area contributed by atoms with E-state index in [0.717, 1.165) is 24.2 Å². The first-order chi connectivity index (χ1) is 15.8. The Kier molecular flexibility index (Phi) is 6.03. The van der Waals surface area contributed by atoms with Crippen molar-refractivity contribution >= 4 is 22.6 Å². The van der Waals surface area contributed by atoms with Crippen molar-refractivity contribution < 1.29 is 14.1 Å². The molecular formula is C25H27N3O5. The first-order valence-electron chi connectivity index (χ1n) is 11.1. The van der Waals surface area contributed by atoms with Crippen LogP contribution in [0.3, 0.4) is 0 Å². The Morgan fingerprint density at radius 3 is 2.45 bits per heavy atom. The van der Waals surface area contributed by atoms with Gasteiger partial charge in [-0.25, -0.2) is 0 Å². The maximum Gasteiger partial charge on any atom is 0.290 e. The molecule has 33 heavy (non-hydrogen) atoms. The second kappa shape index (κ2) is 8.78. The largest absolute Gasteiger partial charge is 0.450 e. The van der Waals surface area contributed by atoms with E-state index in [0.29, 0.717) is 29.6 Å². The van der Waals surface area contributed by atoms with Gasteiger partial charge in [-0.3, -0.25) is 19.7 Å². The fourth-order valence-corrected chi connectivity index (χ4v) is 4.45. The SMILES string of the molecule is CCN(CC)CCN1C(=O)c2oc3cc(C)c(C)cc3c(=O)c2C1c1cccc([N+](=O)[O-])c1. The molecule has 1 unspecified atom stereocenters. The van der Waals surface area contributed by atoms with E-state index < -0.39 is 11.0 Å². The lowest BCUT2D eigenvalue weighted by atomic mass is 9.97. The Balaban J connectivity index is 1.92. The zero-order chi connectivity index (χ0) is 23.9. The molecule has 3 aromatic rings. The summed E-state index contributed by atoms with van der Waals surface area (Å²) in [6, 6.07) is 8.94. The van der Waals surface area contributed by atoms with Crippen LogP contribution in [0.1, 0.15) is 52.7 Å². The van der Waals surface area contributed by atoms with Gasteiger partial charge in [0.2, 0.25) is 5.76 Å². The average molecular weight is 450 g/mol. The highest BCUT2D eigenvalue weighted by atomic mass is 16.6. The molecule has 0 spiro atoms. The highest BCUT2D eigenvalue weighted by Gasteiger charge is 2.43. The monoisotopic (exact) mass is 449 g/mol. The predicted molar refractivity (Wildman–Crippen MR) is 126 cm³/mol. The molecule has 0 saturated carbocycles. The normalized spacial score (nSPS) is 15.5. The lowest BCUT2D eigenvalue weighted by molar-refractivity contribution is -0.384. The Labute approximate surface area is 191 Å². The van der Waals surface area contributed by atoms with Gasteiger partial charge in [-0.05, 0) is 55.8 Å². The highest BCUT2D eigenvalue weighted by Crippen LogP contribution is 2.39. The topological polar surface area (TPSA) is 96.9 Å². The van der Waals surface area contributed by atoms with Crippen LogP contribution in [0.15, 0.2) is 45.6 Å². The van der Waals surface area contributed by atoms with Crippen molar-refractivity contribution in [2.24, 2.45) is 0 Å². The standard InChI is InChI=1S/C25H27N3O5/c1-5-26(6-2)10-11-27-22(17-8-7-9-18(14-17)28(31)32)21-23(29)19-12-15(3)16(4)13-20(19)33-24(21)25(27)30/h7-9,12-14,22H,5-6,10-11H2,1-4H3. The molecule has 0 saturated heterocycles. The van der Waals surface area contributed by atoms with Gasteiger partial charge in [0.25, 0.3) is 11.6 Å². The molecule has 8 nitrogen and oxygen atoms in total. The first kappa shape index (κ1) is 22.7. The van der Waals surface area contributed by atoms with Gasteiger partial charge in [0.05, 0.1) is 21.9 Å². The summed E-state index contributed by atoms with van der Waals surface area (Å²) in [5, 5.41) is 11.8. The number of aryl methyl sites for hydroxylation is 2. The van der Waals surface area contributed by atoms with Gasteiger partial charge in [0.15, 0.2) is 5.43 Å². The number of fused-ring (bicyclic) bond motifs is 2. The fraction of sp³-hybridized carbons (Fsp3) is 0.360. The Hall–Kier alpha value is -3.52. The Morgan fingerprint density at radius 2 is 1.79 bits per heavy atom. The van der Waals surface area contributed by atoms with Crippen LogP contribution in [0.25, 0.3) is 11.0 Å². The van der Waals surface area contributed by atoms with Crippen molar-refractivity contribution in [3.8, 4) is 0 Å². The lowest BCUT2D eigenvalue weighted by Crippen LogP contribution is -2.37. The Bertz CT molecular complexity index is 1310. The van der Waals surface area contributed by atoms with Gasteiger partial charge >= 0.3 is 0 Å². The van der Waals surface area contributed by atoms with E-state index in [1.165, 1.54) is 12.1 Å². The summed E-state index contributed by atoms with van der Waals surface area (Å²) in [6.45, 7) is 10.6. The molecule has 172 valence electrons. The van der Waals surface area contributed by atoms with Crippen LogP contribution in [0.5, 0.6) is 0 Å². The minimum Gasteiger partial charge on any atom is -0.450 e. The third-order valence-electron chi connectivity index (χ3n) is 6.53. The van der Waals surface area contributed by atoms with E-state index in [4.69, 9.17) is 4.42 Å². The van der Waals surface area contributed by atoms with E-state index in [-0.39, 0.29) is 28.3 Å². The van der Waals surface area contributed by atoms with Gasteiger partial charge < -0.3 is 14.2 Å². The number of hydrogen-bond donors (Lipinski definition) is 0. The fourth-order valence-electron chi connectivity index (χ4n) is 4.45. The zero-order valence-corrected chi connectivity index (χ0v) is 19.3. The molecule has 0 fully saturated rings. The number of non-ortho nitro benzene ring substituents is 1. The number of nitro groups is 1. The number of rotatable bonds is 7. The molecule has 0 radical (unpaired) electrons. The minimum atomic E-state index is -0.745. The second-order valence-corrected chi connectivity index (χ2v) is 8.39. The van der Waals surface area contributed by atoms with Gasteiger partial charge in [-0.1, -0.05) is 26.0 Å². The van der Waals surface area contributed by atoms with E-state index in [9.17, 15) is 19.7 Å². The summed E-state index contributed by atoms with van der Waals surface area (Å²) in [6.07, 6.45) is 0. The molecule has 8 heteroatoms. The van der Waals surface area contributed by atoms with Crippen molar-refractivity contribution in [2.75, 3.05) is 26.2 Å². The van der Waals surface area contributed by atoms with Crippen LogP contribution in [-0.2, 0) is 0 Å². The van der Waals surface area contributed by atoms with E-state index in [1.54, 1.807) is 29.2 Å². The van der Waals surface area contributed by atoms with Crippen molar-refractivity contribution in [3.05, 3.63) is 84.7 Å². The van der Waals surface area contributed by atoms with E-state index >= 15 is 0 Å². The van der Waals surface area contributed by atoms with Crippen LogP contribution in [-0.4, -0.2) is 46.8 Å². The van der Waals surface area contributed by atoms with Crippen LogP contribution in [0.2, 0.25) is 0 Å². The maximum absolute atomic E-state index is 13.6. The number of amides is 1. The van der Waals surface area contributed by atoms with Gasteiger partial charge in [0, 0.05) is 25.2 Å². The molecule has 0 aliphatic carbocycles. The molecule has 1 aromatic heterocycles. The molecule has 0 N–H and O–H groups in total. The quantitative estimate of drug-likeness (QED) is 0.396. The molecule has 2 heterocycles. The van der Waals surface area contributed by atoms with E-state index in [2.05, 4.69) is 4.90 Å². The Morgan fingerprint density at radius 1 is 1.09 bits per heavy atom. The molecular weight excluding hydrogens is 422 g/mol. The summed E-state index contributed by atoms with van der Waals surface area (Å²) in [7, 11) is 0. The molecule has 1 amide bonds.